The van der Waals surface area contributed by atoms with Gasteiger partial charge in [-0.2, -0.15) is 0 Å². The predicted octanol–water partition coefficient (Wildman–Crippen LogP) is -1.15. The standard InChI is InChI=1S/C7H16N2O4S2/c1-12-4-5-13-3-2-9-15(10,11)6-7(8)14/h9H,2-6H2,1H3,(H2,8,14). The number of nitrogens with one attached hydrogen (secondary N) is 1. The lowest BCUT2D eigenvalue weighted by atomic mass is 10.7. The number of sulfonamides is 1. The molecule has 0 atom stereocenters. The van der Waals surface area contributed by atoms with Crippen LogP contribution in [0.2, 0.25) is 0 Å². The first kappa shape index (κ1) is 14.7. The quantitative estimate of drug-likeness (QED) is 0.400. The van der Waals surface area contributed by atoms with Gasteiger partial charge in [0.2, 0.25) is 10.0 Å². The Hall–Kier alpha value is -0.280. The zero-order valence-corrected chi connectivity index (χ0v) is 10.2. The van der Waals surface area contributed by atoms with Crippen molar-refractivity contribution >= 4 is 27.2 Å². The Morgan fingerprint density at radius 3 is 2.60 bits per heavy atom. The summed E-state index contributed by atoms with van der Waals surface area (Å²) in [5.74, 6) is -0.333. The van der Waals surface area contributed by atoms with E-state index < -0.39 is 10.0 Å². The first-order valence-electron chi connectivity index (χ1n) is 4.30. The molecule has 0 bridgehead atoms. The van der Waals surface area contributed by atoms with Crippen molar-refractivity contribution in [2.45, 2.75) is 0 Å². The molecule has 0 spiro atoms. The van der Waals surface area contributed by atoms with Crippen LogP contribution in [0.25, 0.3) is 0 Å². The van der Waals surface area contributed by atoms with Crippen LogP contribution >= 0.6 is 12.2 Å². The number of methoxy groups -OCH3 is 1. The van der Waals surface area contributed by atoms with Gasteiger partial charge in [0, 0.05) is 13.7 Å². The van der Waals surface area contributed by atoms with Gasteiger partial charge in [-0.05, 0) is 0 Å². The minimum atomic E-state index is -3.40. The molecule has 0 aliphatic carbocycles. The maximum absolute atomic E-state index is 11.2. The Morgan fingerprint density at radius 1 is 1.40 bits per heavy atom. The highest BCUT2D eigenvalue weighted by molar-refractivity contribution is 7.92. The first-order valence-corrected chi connectivity index (χ1v) is 6.36. The van der Waals surface area contributed by atoms with Crippen LogP contribution in [-0.4, -0.2) is 52.6 Å². The summed E-state index contributed by atoms with van der Waals surface area (Å²) in [5, 5.41) is 0. The summed E-state index contributed by atoms with van der Waals surface area (Å²) in [4.78, 5) is -0.0530. The van der Waals surface area contributed by atoms with Crippen molar-refractivity contribution in [3.63, 3.8) is 0 Å². The number of ether oxygens (including phenoxy) is 2. The second kappa shape index (κ2) is 7.94. The molecule has 0 aromatic rings. The van der Waals surface area contributed by atoms with Crippen LogP contribution in [0.5, 0.6) is 0 Å². The smallest absolute Gasteiger partial charge is 0.218 e. The van der Waals surface area contributed by atoms with Gasteiger partial charge in [0.15, 0.2) is 0 Å². The molecule has 90 valence electrons. The highest BCUT2D eigenvalue weighted by atomic mass is 32.2. The van der Waals surface area contributed by atoms with E-state index in [1.165, 1.54) is 0 Å². The number of hydrogen-bond acceptors (Lipinski definition) is 5. The molecule has 0 fully saturated rings. The molecule has 6 nitrogen and oxygen atoms in total. The number of rotatable bonds is 9. The lowest BCUT2D eigenvalue weighted by molar-refractivity contribution is 0.0736. The highest BCUT2D eigenvalue weighted by Gasteiger charge is 2.10. The van der Waals surface area contributed by atoms with Crippen LogP contribution in [0.15, 0.2) is 0 Å². The molecule has 0 aromatic heterocycles. The topological polar surface area (TPSA) is 90.6 Å². The second-order valence-electron chi connectivity index (χ2n) is 2.72. The van der Waals surface area contributed by atoms with E-state index in [1.807, 2.05) is 0 Å². The van der Waals surface area contributed by atoms with Crippen molar-refractivity contribution in [3.05, 3.63) is 0 Å². The molecular formula is C7H16N2O4S2. The zero-order valence-electron chi connectivity index (χ0n) is 8.56. The third-order valence-electron chi connectivity index (χ3n) is 1.33. The van der Waals surface area contributed by atoms with E-state index in [-0.39, 0.29) is 17.3 Å². The minimum absolute atomic E-state index is 0.0530. The van der Waals surface area contributed by atoms with Gasteiger partial charge in [-0.3, -0.25) is 0 Å². The molecule has 0 unspecified atom stereocenters. The number of nitrogens with two attached hydrogens (primary N) is 1. The average Bonchev–Trinajstić information content (AvgIpc) is 2.08. The fourth-order valence-electron chi connectivity index (χ4n) is 0.752. The molecule has 0 heterocycles. The van der Waals surface area contributed by atoms with Gasteiger partial charge in [-0.1, -0.05) is 12.2 Å². The molecule has 0 saturated heterocycles. The van der Waals surface area contributed by atoms with E-state index in [9.17, 15) is 8.42 Å². The van der Waals surface area contributed by atoms with Crippen LogP contribution < -0.4 is 10.5 Å². The summed E-state index contributed by atoms with van der Waals surface area (Å²) in [7, 11) is -1.84. The zero-order chi connectivity index (χ0) is 11.7. The van der Waals surface area contributed by atoms with Gasteiger partial charge in [-0.25, -0.2) is 13.1 Å². The molecule has 0 radical (unpaired) electrons. The molecule has 15 heavy (non-hydrogen) atoms. The summed E-state index contributed by atoms with van der Waals surface area (Å²) < 4.78 is 34.5. The summed E-state index contributed by atoms with van der Waals surface area (Å²) in [5.41, 5.74) is 5.11. The number of hydrogen-bond donors (Lipinski definition) is 2. The van der Waals surface area contributed by atoms with Crippen LogP contribution in [0.3, 0.4) is 0 Å². The first-order chi connectivity index (χ1) is 6.98. The SMILES string of the molecule is COCCOCCNS(=O)(=O)CC(N)=S. The van der Waals surface area contributed by atoms with Crippen LogP contribution in [0.1, 0.15) is 0 Å². The Kier molecular flexibility index (Phi) is 7.79. The second-order valence-corrected chi connectivity index (χ2v) is 5.06. The third-order valence-corrected chi connectivity index (χ3v) is 2.99. The lowest BCUT2D eigenvalue weighted by Crippen LogP contribution is -2.34. The van der Waals surface area contributed by atoms with E-state index in [4.69, 9.17) is 15.2 Å². The largest absolute Gasteiger partial charge is 0.392 e. The van der Waals surface area contributed by atoms with Crippen molar-refractivity contribution in [3.8, 4) is 0 Å². The molecule has 0 amide bonds. The Morgan fingerprint density at radius 2 is 2.07 bits per heavy atom. The molecular weight excluding hydrogens is 240 g/mol. The summed E-state index contributed by atoms with van der Waals surface area (Å²) in [6.07, 6.45) is 0. The normalized spacial score (nSPS) is 11.5. The van der Waals surface area contributed by atoms with Crippen molar-refractivity contribution < 1.29 is 17.9 Å². The molecule has 0 saturated carbocycles. The molecule has 0 rings (SSSR count). The van der Waals surface area contributed by atoms with Crippen LogP contribution in [0.4, 0.5) is 0 Å². The van der Waals surface area contributed by atoms with Crippen molar-refractivity contribution in [2.75, 3.05) is 39.2 Å². The maximum Gasteiger partial charge on any atom is 0.218 e. The van der Waals surface area contributed by atoms with Gasteiger partial charge < -0.3 is 15.2 Å². The minimum Gasteiger partial charge on any atom is -0.392 e. The van der Waals surface area contributed by atoms with E-state index in [0.717, 1.165) is 0 Å². The Balaban J connectivity index is 3.54. The van der Waals surface area contributed by atoms with Crippen LogP contribution in [-0.2, 0) is 19.5 Å². The monoisotopic (exact) mass is 256 g/mol. The Bertz CT molecular complexity index is 279. The van der Waals surface area contributed by atoms with Gasteiger partial charge in [0.05, 0.1) is 24.8 Å². The van der Waals surface area contributed by atoms with Gasteiger partial charge in [0.1, 0.15) is 5.75 Å². The van der Waals surface area contributed by atoms with Crippen molar-refractivity contribution in [1.82, 2.24) is 4.72 Å². The van der Waals surface area contributed by atoms with Crippen molar-refractivity contribution in [1.29, 1.82) is 0 Å². The van der Waals surface area contributed by atoms with E-state index in [1.54, 1.807) is 7.11 Å². The fourth-order valence-corrected chi connectivity index (χ4v) is 2.09. The predicted molar refractivity (Wildman–Crippen MR) is 61.3 cm³/mol. The summed E-state index contributed by atoms with van der Waals surface area (Å²) >= 11 is 4.49. The third kappa shape index (κ3) is 10.0. The van der Waals surface area contributed by atoms with E-state index in [0.29, 0.717) is 19.8 Å². The van der Waals surface area contributed by atoms with Gasteiger partial charge in [0.25, 0.3) is 0 Å². The molecule has 0 aliphatic rings. The van der Waals surface area contributed by atoms with Gasteiger partial charge >= 0.3 is 0 Å². The van der Waals surface area contributed by atoms with Crippen LogP contribution in [0, 0.1) is 0 Å². The summed E-state index contributed by atoms with van der Waals surface area (Å²) in [6.45, 7) is 1.42. The maximum atomic E-state index is 11.2. The molecule has 3 N–H and O–H groups in total. The fraction of sp³-hybridized carbons (Fsp3) is 0.857. The average molecular weight is 256 g/mol. The number of thiocarbonyl (C=S) groups is 1. The van der Waals surface area contributed by atoms with E-state index >= 15 is 0 Å². The van der Waals surface area contributed by atoms with E-state index in [2.05, 4.69) is 16.9 Å². The van der Waals surface area contributed by atoms with Gasteiger partial charge in [-0.15, -0.1) is 0 Å². The lowest BCUT2D eigenvalue weighted by Gasteiger charge is -2.06. The molecule has 8 heteroatoms. The highest BCUT2D eigenvalue weighted by Crippen LogP contribution is 1.84. The summed E-state index contributed by atoms with van der Waals surface area (Å²) in [6, 6.07) is 0. The molecule has 0 aromatic carbocycles. The van der Waals surface area contributed by atoms with Crippen molar-refractivity contribution in [2.24, 2.45) is 5.73 Å². The molecule has 0 aliphatic heterocycles. The Labute approximate surface area is 95.2 Å².